The Morgan fingerprint density at radius 3 is 3.00 bits per heavy atom. The van der Waals surface area contributed by atoms with Gasteiger partial charge >= 0.3 is 5.97 Å². The summed E-state index contributed by atoms with van der Waals surface area (Å²) in [5, 5.41) is 8.79. The van der Waals surface area contributed by atoms with Crippen LogP contribution < -0.4 is 5.56 Å². The average molecular weight is 222 g/mol. The SMILES string of the molecule is CC(Cc1nc2c(c(=O)[nH]1)CCC2)C(=O)O. The van der Waals surface area contributed by atoms with Crippen molar-refractivity contribution in [1.29, 1.82) is 0 Å². The van der Waals surface area contributed by atoms with Crippen molar-refractivity contribution in [1.82, 2.24) is 9.97 Å². The van der Waals surface area contributed by atoms with Crippen LogP contribution >= 0.6 is 0 Å². The summed E-state index contributed by atoms with van der Waals surface area (Å²) in [6, 6.07) is 0. The van der Waals surface area contributed by atoms with Crippen molar-refractivity contribution in [2.24, 2.45) is 5.92 Å². The maximum Gasteiger partial charge on any atom is 0.306 e. The number of fused-ring (bicyclic) bond motifs is 1. The van der Waals surface area contributed by atoms with Gasteiger partial charge in [-0.2, -0.15) is 0 Å². The number of carboxylic acids is 1. The molecule has 0 saturated carbocycles. The molecule has 5 nitrogen and oxygen atoms in total. The largest absolute Gasteiger partial charge is 0.481 e. The molecule has 0 bridgehead atoms. The first kappa shape index (κ1) is 10.9. The van der Waals surface area contributed by atoms with E-state index in [4.69, 9.17) is 5.11 Å². The zero-order chi connectivity index (χ0) is 11.7. The minimum Gasteiger partial charge on any atom is -0.481 e. The van der Waals surface area contributed by atoms with Gasteiger partial charge in [0.15, 0.2) is 0 Å². The molecule has 86 valence electrons. The summed E-state index contributed by atoms with van der Waals surface area (Å²) in [7, 11) is 0. The summed E-state index contributed by atoms with van der Waals surface area (Å²) in [5.41, 5.74) is 1.51. The fourth-order valence-electron chi connectivity index (χ4n) is 1.97. The third kappa shape index (κ3) is 1.98. The van der Waals surface area contributed by atoms with Crippen LogP contribution in [0.1, 0.15) is 30.4 Å². The van der Waals surface area contributed by atoms with Gasteiger partial charge in [-0.05, 0) is 19.3 Å². The Labute approximate surface area is 92.5 Å². The van der Waals surface area contributed by atoms with Crippen LogP contribution in [0.2, 0.25) is 0 Å². The van der Waals surface area contributed by atoms with E-state index in [0.717, 1.165) is 30.5 Å². The van der Waals surface area contributed by atoms with Crippen molar-refractivity contribution in [3.8, 4) is 0 Å². The predicted molar refractivity (Wildman–Crippen MR) is 57.4 cm³/mol. The van der Waals surface area contributed by atoms with Gasteiger partial charge < -0.3 is 10.1 Å². The number of aromatic amines is 1. The van der Waals surface area contributed by atoms with E-state index < -0.39 is 11.9 Å². The van der Waals surface area contributed by atoms with Crippen LogP contribution in [0.3, 0.4) is 0 Å². The van der Waals surface area contributed by atoms with E-state index >= 15 is 0 Å². The molecular formula is C11H14N2O3. The van der Waals surface area contributed by atoms with E-state index in [1.807, 2.05) is 0 Å². The molecule has 1 aromatic rings. The number of aromatic nitrogens is 2. The molecule has 0 radical (unpaired) electrons. The topological polar surface area (TPSA) is 83.0 Å². The molecular weight excluding hydrogens is 208 g/mol. The molecule has 1 unspecified atom stereocenters. The van der Waals surface area contributed by atoms with E-state index in [1.54, 1.807) is 6.92 Å². The number of carbonyl (C=O) groups is 1. The van der Waals surface area contributed by atoms with Crippen molar-refractivity contribution in [3.05, 3.63) is 27.4 Å². The Hall–Kier alpha value is -1.65. The highest BCUT2D eigenvalue weighted by atomic mass is 16.4. The number of hydrogen-bond donors (Lipinski definition) is 2. The molecule has 0 saturated heterocycles. The highest BCUT2D eigenvalue weighted by Gasteiger charge is 2.19. The molecule has 0 spiro atoms. The Balaban J connectivity index is 2.27. The highest BCUT2D eigenvalue weighted by molar-refractivity contribution is 5.69. The summed E-state index contributed by atoms with van der Waals surface area (Å²) in [6.45, 7) is 1.61. The van der Waals surface area contributed by atoms with Crippen LogP contribution in [0.5, 0.6) is 0 Å². The molecule has 16 heavy (non-hydrogen) atoms. The molecule has 0 amide bonds. The van der Waals surface area contributed by atoms with Gasteiger partial charge in [0, 0.05) is 12.0 Å². The quantitative estimate of drug-likeness (QED) is 0.781. The van der Waals surface area contributed by atoms with Gasteiger partial charge in [-0.3, -0.25) is 9.59 Å². The first-order chi connectivity index (χ1) is 7.58. The lowest BCUT2D eigenvalue weighted by Gasteiger charge is -2.06. The van der Waals surface area contributed by atoms with Gasteiger partial charge in [-0.25, -0.2) is 4.98 Å². The van der Waals surface area contributed by atoms with E-state index in [1.165, 1.54) is 0 Å². The molecule has 2 rings (SSSR count). The van der Waals surface area contributed by atoms with Crippen LogP contribution in [0, 0.1) is 5.92 Å². The van der Waals surface area contributed by atoms with E-state index in [9.17, 15) is 9.59 Å². The summed E-state index contributed by atoms with van der Waals surface area (Å²) < 4.78 is 0. The lowest BCUT2D eigenvalue weighted by molar-refractivity contribution is -0.141. The Morgan fingerprint density at radius 2 is 2.31 bits per heavy atom. The molecule has 2 N–H and O–H groups in total. The Kier molecular flexibility index (Phi) is 2.77. The third-order valence-corrected chi connectivity index (χ3v) is 2.91. The van der Waals surface area contributed by atoms with Crippen LogP contribution in [-0.4, -0.2) is 21.0 Å². The first-order valence-electron chi connectivity index (χ1n) is 5.41. The van der Waals surface area contributed by atoms with Crippen molar-refractivity contribution >= 4 is 5.97 Å². The zero-order valence-electron chi connectivity index (χ0n) is 9.12. The van der Waals surface area contributed by atoms with Crippen LogP contribution in [0.25, 0.3) is 0 Å². The second-order valence-corrected chi connectivity index (χ2v) is 4.23. The summed E-state index contributed by atoms with van der Waals surface area (Å²) in [4.78, 5) is 29.3. The number of hydrogen-bond acceptors (Lipinski definition) is 3. The third-order valence-electron chi connectivity index (χ3n) is 2.91. The van der Waals surface area contributed by atoms with Crippen molar-refractivity contribution < 1.29 is 9.90 Å². The molecule has 1 aliphatic carbocycles. The van der Waals surface area contributed by atoms with Gasteiger partial charge in [-0.15, -0.1) is 0 Å². The standard InChI is InChI=1S/C11H14N2O3/c1-6(11(15)16)5-9-12-8-4-2-3-7(8)10(14)13-9/h6H,2-5H2,1H3,(H,15,16)(H,12,13,14). The lowest BCUT2D eigenvalue weighted by atomic mass is 10.1. The van der Waals surface area contributed by atoms with Gasteiger partial charge in [-0.1, -0.05) is 6.92 Å². The van der Waals surface area contributed by atoms with Gasteiger partial charge in [0.2, 0.25) is 0 Å². The molecule has 0 fully saturated rings. The Morgan fingerprint density at radius 1 is 1.56 bits per heavy atom. The highest BCUT2D eigenvalue weighted by Crippen LogP contribution is 2.16. The molecule has 1 heterocycles. The molecule has 1 aromatic heterocycles. The monoisotopic (exact) mass is 222 g/mol. The molecule has 0 aromatic carbocycles. The number of aryl methyl sites for hydroxylation is 1. The van der Waals surface area contributed by atoms with Crippen molar-refractivity contribution in [3.63, 3.8) is 0 Å². The van der Waals surface area contributed by atoms with Crippen LogP contribution in [-0.2, 0) is 24.1 Å². The Bertz CT molecular complexity index is 479. The summed E-state index contributed by atoms with van der Waals surface area (Å²) in [6.07, 6.45) is 2.85. The second-order valence-electron chi connectivity index (χ2n) is 4.23. The van der Waals surface area contributed by atoms with Crippen molar-refractivity contribution in [2.45, 2.75) is 32.6 Å². The summed E-state index contributed by atoms with van der Waals surface area (Å²) in [5.74, 6) is -0.911. The smallest absolute Gasteiger partial charge is 0.306 e. The van der Waals surface area contributed by atoms with Crippen molar-refractivity contribution in [2.75, 3.05) is 0 Å². The number of nitrogens with zero attached hydrogens (tertiary/aromatic N) is 1. The number of H-pyrrole nitrogens is 1. The van der Waals surface area contributed by atoms with E-state index in [-0.39, 0.29) is 12.0 Å². The minimum atomic E-state index is -0.872. The molecule has 5 heteroatoms. The van der Waals surface area contributed by atoms with Gasteiger partial charge in [0.05, 0.1) is 11.6 Å². The number of nitrogens with one attached hydrogen (secondary N) is 1. The fourth-order valence-corrected chi connectivity index (χ4v) is 1.97. The fraction of sp³-hybridized carbons (Fsp3) is 0.545. The van der Waals surface area contributed by atoms with Gasteiger partial charge in [0.1, 0.15) is 5.82 Å². The zero-order valence-corrected chi connectivity index (χ0v) is 9.12. The van der Waals surface area contributed by atoms with E-state index in [0.29, 0.717) is 5.82 Å². The van der Waals surface area contributed by atoms with Gasteiger partial charge in [0.25, 0.3) is 5.56 Å². The first-order valence-corrected chi connectivity index (χ1v) is 5.41. The van der Waals surface area contributed by atoms with Crippen LogP contribution in [0.4, 0.5) is 0 Å². The number of rotatable bonds is 3. The normalized spacial score (nSPS) is 15.8. The number of carboxylic acid groups (broad SMARTS) is 1. The number of aliphatic carboxylic acids is 1. The molecule has 1 aliphatic rings. The molecule has 1 atom stereocenters. The maximum absolute atomic E-state index is 11.6. The predicted octanol–water partition coefficient (Wildman–Crippen LogP) is 0.522. The summed E-state index contributed by atoms with van der Waals surface area (Å²) >= 11 is 0. The molecule has 0 aliphatic heterocycles. The second kappa shape index (κ2) is 4.08. The average Bonchev–Trinajstić information content (AvgIpc) is 2.65. The minimum absolute atomic E-state index is 0.102. The van der Waals surface area contributed by atoms with Crippen LogP contribution in [0.15, 0.2) is 4.79 Å². The maximum atomic E-state index is 11.6. The van der Waals surface area contributed by atoms with E-state index in [2.05, 4.69) is 9.97 Å². The lowest BCUT2D eigenvalue weighted by Crippen LogP contribution is -2.21.